The first-order valence-corrected chi connectivity index (χ1v) is 7.01. The van der Waals surface area contributed by atoms with Crippen molar-refractivity contribution in [3.8, 4) is 0 Å². The van der Waals surface area contributed by atoms with E-state index >= 15 is 0 Å². The van der Waals surface area contributed by atoms with Crippen molar-refractivity contribution in [1.82, 2.24) is 5.32 Å². The van der Waals surface area contributed by atoms with E-state index in [-0.39, 0.29) is 30.4 Å². The van der Waals surface area contributed by atoms with Gasteiger partial charge in [0.1, 0.15) is 5.82 Å². The smallest absolute Gasteiger partial charge is 0.221 e. The van der Waals surface area contributed by atoms with Gasteiger partial charge >= 0.3 is 0 Å². The molecule has 0 fully saturated rings. The topological polar surface area (TPSA) is 63.2 Å². The van der Waals surface area contributed by atoms with Gasteiger partial charge in [-0.3, -0.25) is 4.79 Å². The predicted octanol–water partition coefficient (Wildman–Crippen LogP) is 1.39. The minimum Gasteiger partial charge on any atom is -0.352 e. The minimum absolute atomic E-state index is 0.116. The summed E-state index contributed by atoms with van der Waals surface area (Å²) >= 11 is 0. The average molecular weight is 271 g/mol. The highest BCUT2D eigenvalue weighted by atomic mass is 32.2. The molecular weight excluding hydrogens is 257 g/mol. The van der Waals surface area contributed by atoms with Gasteiger partial charge in [0.2, 0.25) is 5.91 Å². The maximum Gasteiger partial charge on any atom is 0.221 e. The number of amides is 1. The van der Waals surface area contributed by atoms with E-state index in [2.05, 4.69) is 11.9 Å². The first-order chi connectivity index (χ1) is 8.43. The molecular formula is C12H14FNO3S. The SMILES string of the molecule is C=CS(=O)(=O)CCC(=O)NCc1ccc(F)cc1. The van der Waals surface area contributed by atoms with Gasteiger partial charge in [-0.1, -0.05) is 18.7 Å². The van der Waals surface area contributed by atoms with Gasteiger partial charge in [0.15, 0.2) is 9.84 Å². The number of carbonyl (C=O) groups excluding carboxylic acids is 1. The Balaban J connectivity index is 2.38. The molecule has 1 aromatic carbocycles. The lowest BCUT2D eigenvalue weighted by Crippen LogP contribution is -2.24. The quantitative estimate of drug-likeness (QED) is 0.850. The Bertz CT molecular complexity index is 523. The zero-order valence-electron chi connectivity index (χ0n) is 9.73. The van der Waals surface area contributed by atoms with E-state index in [1.54, 1.807) is 12.1 Å². The number of carbonyl (C=O) groups is 1. The third-order valence-electron chi connectivity index (χ3n) is 2.27. The van der Waals surface area contributed by atoms with Crippen LogP contribution >= 0.6 is 0 Å². The second-order valence-corrected chi connectivity index (χ2v) is 5.75. The summed E-state index contributed by atoms with van der Waals surface area (Å²) in [6.45, 7) is 3.40. The number of hydrogen-bond donors (Lipinski definition) is 1. The molecule has 4 nitrogen and oxygen atoms in total. The fourth-order valence-corrected chi connectivity index (χ4v) is 1.85. The first kappa shape index (κ1) is 14.4. The van der Waals surface area contributed by atoms with Crippen molar-refractivity contribution in [3.63, 3.8) is 0 Å². The van der Waals surface area contributed by atoms with Crippen molar-refractivity contribution in [2.24, 2.45) is 0 Å². The number of hydrogen-bond acceptors (Lipinski definition) is 3. The molecule has 0 aliphatic carbocycles. The molecule has 0 aromatic heterocycles. The van der Waals surface area contributed by atoms with Crippen LogP contribution in [0.3, 0.4) is 0 Å². The van der Waals surface area contributed by atoms with E-state index in [4.69, 9.17) is 0 Å². The largest absolute Gasteiger partial charge is 0.352 e. The van der Waals surface area contributed by atoms with E-state index in [1.807, 2.05) is 0 Å². The van der Waals surface area contributed by atoms with Gasteiger partial charge in [0.25, 0.3) is 0 Å². The molecule has 0 unspecified atom stereocenters. The van der Waals surface area contributed by atoms with Crippen molar-refractivity contribution < 1.29 is 17.6 Å². The van der Waals surface area contributed by atoms with Gasteiger partial charge in [-0.25, -0.2) is 12.8 Å². The zero-order chi connectivity index (χ0) is 13.6. The third kappa shape index (κ3) is 5.09. The highest BCUT2D eigenvalue weighted by Gasteiger charge is 2.09. The van der Waals surface area contributed by atoms with Crippen molar-refractivity contribution >= 4 is 15.7 Å². The highest BCUT2D eigenvalue weighted by molar-refractivity contribution is 7.94. The number of benzene rings is 1. The lowest BCUT2D eigenvalue weighted by atomic mass is 10.2. The second kappa shape index (κ2) is 6.30. The molecule has 1 amide bonds. The molecule has 0 aliphatic rings. The van der Waals surface area contributed by atoms with Crippen molar-refractivity contribution in [2.45, 2.75) is 13.0 Å². The Morgan fingerprint density at radius 1 is 1.33 bits per heavy atom. The Kier molecular flexibility index (Phi) is 5.03. The van der Waals surface area contributed by atoms with Gasteiger partial charge in [-0.15, -0.1) is 0 Å². The molecule has 0 bridgehead atoms. The van der Waals surface area contributed by atoms with Crippen molar-refractivity contribution in [1.29, 1.82) is 0 Å². The summed E-state index contributed by atoms with van der Waals surface area (Å²) in [4.78, 5) is 11.4. The van der Waals surface area contributed by atoms with Crippen molar-refractivity contribution in [2.75, 3.05) is 5.75 Å². The van der Waals surface area contributed by atoms with Crippen LogP contribution in [0.25, 0.3) is 0 Å². The molecule has 6 heteroatoms. The van der Waals surface area contributed by atoms with Crippen LogP contribution in [0.2, 0.25) is 0 Å². The molecule has 1 N–H and O–H groups in total. The van der Waals surface area contributed by atoms with E-state index in [9.17, 15) is 17.6 Å². The van der Waals surface area contributed by atoms with Crippen LogP contribution in [-0.2, 0) is 21.2 Å². The molecule has 0 heterocycles. The second-order valence-electron chi connectivity index (χ2n) is 3.69. The van der Waals surface area contributed by atoms with Crippen LogP contribution in [-0.4, -0.2) is 20.1 Å². The number of rotatable bonds is 6. The number of halogens is 1. The van der Waals surface area contributed by atoms with Crippen LogP contribution in [0.5, 0.6) is 0 Å². The first-order valence-electron chi connectivity index (χ1n) is 5.29. The summed E-state index contributed by atoms with van der Waals surface area (Å²) in [5, 5.41) is 3.39. The van der Waals surface area contributed by atoms with Crippen LogP contribution in [0.1, 0.15) is 12.0 Å². The Morgan fingerprint density at radius 3 is 2.50 bits per heavy atom. The number of sulfone groups is 1. The van der Waals surface area contributed by atoms with Gasteiger partial charge in [-0.05, 0) is 17.7 Å². The summed E-state index contributed by atoms with van der Waals surface area (Å²) in [6.07, 6.45) is -0.116. The molecule has 1 rings (SSSR count). The lowest BCUT2D eigenvalue weighted by Gasteiger charge is -2.04. The Hall–Kier alpha value is -1.69. The minimum atomic E-state index is -3.35. The lowest BCUT2D eigenvalue weighted by molar-refractivity contribution is -0.120. The zero-order valence-corrected chi connectivity index (χ0v) is 10.5. The van der Waals surface area contributed by atoms with Gasteiger partial charge in [-0.2, -0.15) is 0 Å². The number of nitrogens with one attached hydrogen (secondary N) is 1. The summed E-state index contributed by atoms with van der Waals surface area (Å²) in [5.41, 5.74) is 0.747. The summed E-state index contributed by atoms with van der Waals surface area (Å²) < 4.78 is 34.8. The molecule has 18 heavy (non-hydrogen) atoms. The predicted molar refractivity (Wildman–Crippen MR) is 66.8 cm³/mol. The van der Waals surface area contributed by atoms with E-state index in [0.717, 1.165) is 11.0 Å². The van der Waals surface area contributed by atoms with E-state index < -0.39 is 9.84 Å². The Labute approximate surface area is 105 Å². The van der Waals surface area contributed by atoms with Crippen LogP contribution in [0.15, 0.2) is 36.3 Å². The maximum atomic E-state index is 12.6. The Morgan fingerprint density at radius 2 is 1.94 bits per heavy atom. The van der Waals surface area contributed by atoms with Crippen LogP contribution in [0, 0.1) is 5.82 Å². The van der Waals surface area contributed by atoms with Crippen molar-refractivity contribution in [3.05, 3.63) is 47.6 Å². The average Bonchev–Trinajstić information content (AvgIpc) is 2.36. The third-order valence-corrected chi connectivity index (χ3v) is 3.55. The standard InChI is InChI=1S/C12H14FNO3S/c1-2-18(16,17)8-7-12(15)14-9-10-3-5-11(13)6-4-10/h2-6H,1,7-9H2,(H,14,15). The van der Waals surface area contributed by atoms with Gasteiger partial charge in [0, 0.05) is 18.4 Å². The maximum absolute atomic E-state index is 12.6. The van der Waals surface area contributed by atoms with E-state index in [0.29, 0.717) is 0 Å². The molecule has 0 atom stereocenters. The fourth-order valence-electron chi connectivity index (χ4n) is 1.21. The summed E-state index contributed by atoms with van der Waals surface area (Å²) in [5.74, 6) is -0.974. The molecule has 0 radical (unpaired) electrons. The van der Waals surface area contributed by atoms with E-state index in [1.165, 1.54) is 12.1 Å². The molecule has 0 spiro atoms. The monoisotopic (exact) mass is 271 g/mol. The van der Waals surface area contributed by atoms with Crippen LogP contribution < -0.4 is 5.32 Å². The fraction of sp³-hybridized carbons (Fsp3) is 0.250. The molecule has 0 saturated heterocycles. The molecule has 0 saturated carbocycles. The van der Waals surface area contributed by atoms with Gasteiger partial charge in [0.05, 0.1) is 5.75 Å². The molecule has 1 aromatic rings. The summed E-state index contributed by atoms with van der Waals surface area (Å²) in [7, 11) is -3.35. The van der Waals surface area contributed by atoms with Crippen LogP contribution in [0.4, 0.5) is 4.39 Å². The molecule has 98 valence electrons. The normalized spacial score (nSPS) is 10.9. The molecule has 0 aliphatic heterocycles. The summed E-state index contributed by atoms with van der Waals surface area (Å²) in [6, 6.07) is 5.69. The highest BCUT2D eigenvalue weighted by Crippen LogP contribution is 2.02. The van der Waals surface area contributed by atoms with Gasteiger partial charge < -0.3 is 5.32 Å².